The predicted octanol–water partition coefficient (Wildman–Crippen LogP) is 19.8. The molecule has 1 fully saturated rings. The summed E-state index contributed by atoms with van der Waals surface area (Å²) in [6.07, 6.45) is 6.17. The van der Waals surface area contributed by atoms with Gasteiger partial charge >= 0.3 is 0 Å². The lowest BCUT2D eigenvalue weighted by molar-refractivity contribution is 0.0794. The molecule has 2 bridgehead atoms. The van der Waals surface area contributed by atoms with Crippen molar-refractivity contribution >= 4 is 40.2 Å². The van der Waals surface area contributed by atoms with Gasteiger partial charge < -0.3 is 4.90 Å². The van der Waals surface area contributed by atoms with Crippen molar-refractivity contribution < 1.29 is 0 Å². The molecule has 0 amide bonds. The standard InChI is InChI=1S/C84H88BN/c1-50-43-74-77-52(3)75(50)84(16)63-32-21-20-29-58(63)59-31-26-30-57(76(59)84)51(2)61-44-53(45-66-60-38-36-56(79(7,8)9)47-67(60)83(15)42-25-24-41-82(66,83)14)35-39-70(61)85(77)71-48-68-69(81(12,13)65-34-23-22-33-64(65)80(68,10)11)49-73(71)86(74)72-40-37-55(78(4,5)6)46-62(72)54-27-18-17-19-28-54/h17-23,26-40,43-44,46-49,51,66H,24-25,41-42,45H2,1-16H3. The van der Waals surface area contributed by atoms with Crippen LogP contribution in [0, 0.1) is 19.3 Å². The molecule has 1 saturated carbocycles. The van der Waals surface area contributed by atoms with Crippen molar-refractivity contribution in [3.05, 3.63) is 259 Å². The van der Waals surface area contributed by atoms with Gasteiger partial charge in [0.05, 0.1) is 5.69 Å². The maximum Gasteiger partial charge on any atom is 0.247 e. The Balaban J connectivity index is 1.05. The van der Waals surface area contributed by atoms with E-state index in [0.717, 1.165) is 6.42 Å². The summed E-state index contributed by atoms with van der Waals surface area (Å²) in [6.45, 7) is 39.6. The normalized spacial score (nSPS) is 23.3. The zero-order valence-corrected chi connectivity index (χ0v) is 54.4. The smallest absolute Gasteiger partial charge is 0.247 e. The molecule has 1 nitrogen and oxygen atoms in total. The van der Waals surface area contributed by atoms with Crippen molar-refractivity contribution in [1.82, 2.24) is 0 Å². The third-order valence-electron chi connectivity index (χ3n) is 24.1. The third-order valence-corrected chi connectivity index (χ3v) is 24.1. The van der Waals surface area contributed by atoms with Crippen LogP contribution in [0.15, 0.2) is 170 Å². The summed E-state index contributed by atoms with van der Waals surface area (Å²) in [5.41, 5.74) is 36.0. The monoisotopic (exact) mass is 1120 g/mol. The minimum absolute atomic E-state index is 0.0467. The Morgan fingerprint density at radius 3 is 1.81 bits per heavy atom. The summed E-state index contributed by atoms with van der Waals surface area (Å²) in [4.78, 5) is 2.75. The highest BCUT2D eigenvalue weighted by Crippen LogP contribution is 2.66. The predicted molar refractivity (Wildman–Crippen MR) is 367 cm³/mol. The van der Waals surface area contributed by atoms with Gasteiger partial charge in [0.1, 0.15) is 0 Å². The summed E-state index contributed by atoms with van der Waals surface area (Å²) in [7, 11) is 0. The fourth-order valence-electron chi connectivity index (χ4n) is 19.2. The van der Waals surface area contributed by atoms with Gasteiger partial charge in [-0.1, -0.05) is 254 Å². The van der Waals surface area contributed by atoms with Gasteiger partial charge in [0.25, 0.3) is 0 Å². The Labute approximate surface area is 515 Å². The number of nitrogens with zero attached hydrogens (tertiary/aromatic N) is 1. The zero-order valence-electron chi connectivity index (χ0n) is 54.4. The molecular formula is C84H88BN. The van der Waals surface area contributed by atoms with Crippen LogP contribution < -0.4 is 21.3 Å². The highest BCUT2D eigenvalue weighted by atomic mass is 15.2. The highest BCUT2D eigenvalue weighted by molar-refractivity contribution is 6.98. The first-order valence-corrected chi connectivity index (χ1v) is 32.7. The first-order chi connectivity index (χ1) is 40.8. The molecule has 0 spiro atoms. The van der Waals surface area contributed by atoms with E-state index in [4.69, 9.17) is 0 Å². The van der Waals surface area contributed by atoms with Crippen LogP contribution in [0.3, 0.4) is 0 Å². The van der Waals surface area contributed by atoms with Gasteiger partial charge in [-0.25, -0.2) is 0 Å². The molecule has 15 rings (SSSR count). The van der Waals surface area contributed by atoms with Gasteiger partial charge in [0, 0.05) is 39.1 Å². The van der Waals surface area contributed by atoms with E-state index in [-0.39, 0.29) is 45.1 Å². The third kappa shape index (κ3) is 7.43. The van der Waals surface area contributed by atoms with Crippen molar-refractivity contribution in [2.45, 2.75) is 187 Å². The maximum absolute atomic E-state index is 2.75. The molecular weight excluding hydrogens is 1030 g/mol. The van der Waals surface area contributed by atoms with E-state index in [9.17, 15) is 0 Å². The molecule has 4 aliphatic carbocycles. The average Bonchev–Trinajstić information content (AvgIpc) is 1.13. The Kier molecular flexibility index (Phi) is 11.9. The number of hydrogen-bond donors (Lipinski definition) is 0. The van der Waals surface area contributed by atoms with Crippen molar-refractivity contribution in [2.24, 2.45) is 5.41 Å². The van der Waals surface area contributed by atoms with Gasteiger partial charge in [0.2, 0.25) is 6.71 Å². The summed E-state index contributed by atoms with van der Waals surface area (Å²) >= 11 is 0. The second kappa shape index (κ2) is 18.5. The molecule has 0 aromatic heterocycles. The molecule has 6 aliphatic rings. The van der Waals surface area contributed by atoms with Gasteiger partial charge in [-0.3, -0.25) is 0 Å². The number of aryl methyl sites for hydroxylation is 1. The van der Waals surface area contributed by atoms with Crippen molar-refractivity contribution in [1.29, 1.82) is 0 Å². The van der Waals surface area contributed by atoms with Crippen molar-refractivity contribution in [2.75, 3.05) is 4.90 Å². The number of rotatable bonds is 4. The molecule has 0 N–H and O–H groups in total. The lowest BCUT2D eigenvalue weighted by Gasteiger charge is -2.49. The molecule has 0 radical (unpaired) electrons. The molecule has 2 heteroatoms. The van der Waals surface area contributed by atoms with Gasteiger partial charge in [-0.2, -0.15) is 0 Å². The van der Waals surface area contributed by atoms with Crippen LogP contribution in [0.1, 0.15) is 223 Å². The topological polar surface area (TPSA) is 3.24 Å². The minimum atomic E-state index is -0.417. The first kappa shape index (κ1) is 55.4. The molecule has 5 unspecified atom stereocenters. The van der Waals surface area contributed by atoms with Crippen LogP contribution in [0.2, 0.25) is 0 Å². The Hall–Kier alpha value is -7.16. The Morgan fingerprint density at radius 2 is 1.10 bits per heavy atom. The lowest BCUT2D eigenvalue weighted by atomic mass is 9.32. The van der Waals surface area contributed by atoms with E-state index in [1.54, 1.807) is 11.1 Å². The van der Waals surface area contributed by atoms with Crippen LogP contribution >= 0.6 is 0 Å². The molecule has 0 saturated heterocycles. The molecule has 9 aromatic carbocycles. The van der Waals surface area contributed by atoms with Crippen molar-refractivity contribution in [3.8, 4) is 22.3 Å². The highest BCUT2D eigenvalue weighted by Gasteiger charge is 2.58. The SMILES string of the molecule is Cc1cc2c3c(C)c1C1(C)c4ccccc4-c4cccc(c41)C(C)c1cc(CC4c5ccc(C(C)(C)C)cc5C5(C)CCCCC45C)ccc1B3c1cc3c(cc1N2c1ccc(C(C)(C)C)cc1-c1ccccc1)C(C)(C)c1ccccc1C3(C)C. The Morgan fingerprint density at radius 1 is 0.477 bits per heavy atom. The largest absolute Gasteiger partial charge is 0.311 e. The molecule has 86 heavy (non-hydrogen) atoms. The summed E-state index contributed by atoms with van der Waals surface area (Å²) in [6, 6.07) is 68.6. The number of hydrogen-bond acceptors (Lipinski definition) is 1. The Bertz CT molecular complexity index is 4340. The van der Waals surface area contributed by atoms with Crippen LogP contribution in [-0.2, 0) is 38.9 Å². The second-order valence-electron chi connectivity index (χ2n) is 31.4. The van der Waals surface area contributed by atoms with E-state index >= 15 is 0 Å². The zero-order chi connectivity index (χ0) is 60.2. The van der Waals surface area contributed by atoms with E-state index in [0.29, 0.717) is 5.92 Å². The van der Waals surface area contributed by atoms with Crippen LogP contribution in [-0.4, -0.2) is 6.71 Å². The van der Waals surface area contributed by atoms with E-state index in [1.807, 2.05) is 0 Å². The molecule has 5 atom stereocenters. The van der Waals surface area contributed by atoms with Crippen LogP contribution in [0.25, 0.3) is 22.3 Å². The van der Waals surface area contributed by atoms with E-state index < -0.39 is 5.41 Å². The molecule has 9 aromatic rings. The van der Waals surface area contributed by atoms with Crippen molar-refractivity contribution in [3.63, 3.8) is 0 Å². The minimum Gasteiger partial charge on any atom is -0.311 e. The first-order valence-electron chi connectivity index (χ1n) is 32.7. The number of benzene rings is 9. The molecule has 432 valence electrons. The van der Waals surface area contributed by atoms with Gasteiger partial charge in [-0.15, -0.1) is 0 Å². The second-order valence-corrected chi connectivity index (χ2v) is 31.4. The molecule has 2 heterocycles. The molecule has 2 aliphatic heterocycles. The number of fused-ring (bicyclic) bond motifs is 14. The van der Waals surface area contributed by atoms with E-state index in [2.05, 4.69) is 286 Å². The van der Waals surface area contributed by atoms with Gasteiger partial charge in [-0.05, 0) is 209 Å². The average molecular weight is 1120 g/mol. The number of anilines is 3. The van der Waals surface area contributed by atoms with Crippen LogP contribution in [0.5, 0.6) is 0 Å². The summed E-state index contributed by atoms with van der Waals surface area (Å²) in [5, 5.41) is 0. The summed E-state index contributed by atoms with van der Waals surface area (Å²) < 4.78 is 0. The lowest BCUT2D eigenvalue weighted by Crippen LogP contribution is -2.60. The summed E-state index contributed by atoms with van der Waals surface area (Å²) in [5.74, 6) is 0.516. The fraction of sp³-hybridized carbons (Fsp3) is 0.357. The van der Waals surface area contributed by atoms with Crippen LogP contribution in [0.4, 0.5) is 17.1 Å². The maximum atomic E-state index is 2.75. The van der Waals surface area contributed by atoms with E-state index in [1.165, 1.54) is 159 Å². The van der Waals surface area contributed by atoms with Gasteiger partial charge in [0.15, 0.2) is 0 Å². The fourth-order valence-corrected chi connectivity index (χ4v) is 19.2. The quantitative estimate of drug-likeness (QED) is 0.159.